The summed E-state index contributed by atoms with van der Waals surface area (Å²) in [6.45, 7) is 5.72. The molecule has 13 aromatic rings. The van der Waals surface area contributed by atoms with Crippen LogP contribution >= 0.6 is 27.0 Å². The molecule has 0 saturated carbocycles. The molecule has 398 valence electrons. The molecule has 0 saturated heterocycles. The normalized spacial score (nSPS) is 11.4. The van der Waals surface area contributed by atoms with Crippen LogP contribution in [0.15, 0.2) is 314 Å². The first-order chi connectivity index (χ1) is 40.4. The molecule has 1 aliphatic rings. The number of hydrogen-bond donors (Lipinski definition) is 0. The molecule has 2 heterocycles. The maximum Gasteiger partial charge on any atom is 1.00 e. The fourth-order valence-electron chi connectivity index (χ4n) is 11.4. The van der Waals surface area contributed by atoms with Gasteiger partial charge in [-0.25, -0.2) is 0 Å². The summed E-state index contributed by atoms with van der Waals surface area (Å²) in [5.41, 5.74) is 8.50. The molecule has 14 rings (SSSR count). The minimum Gasteiger partial charge on any atom is -0.343 e. The van der Waals surface area contributed by atoms with Gasteiger partial charge in [0.05, 0.1) is 28.0 Å². The van der Waals surface area contributed by atoms with Gasteiger partial charge in [-0.2, -0.15) is 6.42 Å². The molecular formula is C76H62BrClLiN2Si2+. The van der Waals surface area contributed by atoms with Crippen LogP contribution in [0.3, 0.4) is 0 Å². The fourth-order valence-corrected chi connectivity index (χ4v) is 20.7. The van der Waals surface area contributed by atoms with Crippen LogP contribution in [0.4, 0.5) is 0 Å². The minimum absolute atomic E-state index is 0. The van der Waals surface area contributed by atoms with Gasteiger partial charge in [0.1, 0.15) is 17.7 Å². The van der Waals surface area contributed by atoms with E-state index in [2.05, 4.69) is 336 Å². The number of hydrogen-bond acceptors (Lipinski definition) is 0. The first kappa shape index (κ1) is 58.2. The number of fused-ring (bicyclic) bond motifs is 6. The quantitative estimate of drug-likeness (QED) is 0.0559. The average Bonchev–Trinajstić information content (AvgIpc) is 3.98. The molecule has 0 atom stereocenters. The minimum atomic E-state index is -2.59. The van der Waals surface area contributed by atoms with Crippen molar-refractivity contribution in [2.24, 2.45) is 0 Å². The molecule has 2 nitrogen and oxygen atoms in total. The molecule has 7 heteroatoms. The molecule has 0 aliphatic heterocycles. The third kappa shape index (κ3) is 12.0. The van der Waals surface area contributed by atoms with Crippen molar-refractivity contribution in [3.63, 3.8) is 0 Å². The SMILES string of the molecule is Brc1cccc(-n2c3c(c4ccccc42)C=[C+]C=C3)c1.Cl[Si](c1ccccc1)(c1ccccc1)c1ccccc1.[CH2-]CCC.[Li+].c1ccc([Si](c2ccccc2)(c2ccccc2)c2cccc(-n3c4ccccc4c4ccccc43)c2)cc1. The van der Waals surface area contributed by atoms with Gasteiger partial charge in [-0.3, -0.25) is 4.57 Å². The molecular weight excluding hydrogens is 1120 g/mol. The summed E-state index contributed by atoms with van der Waals surface area (Å²) < 4.78 is 5.81. The van der Waals surface area contributed by atoms with Crippen LogP contribution in [0.2, 0.25) is 0 Å². The van der Waals surface area contributed by atoms with Crippen molar-refractivity contribution in [3.8, 4) is 11.4 Å². The molecule has 0 radical (unpaired) electrons. The van der Waals surface area contributed by atoms with Gasteiger partial charge in [0.25, 0.3) is 0 Å². The van der Waals surface area contributed by atoms with Crippen LogP contribution in [-0.2, 0) is 0 Å². The zero-order valence-electron chi connectivity index (χ0n) is 46.9. The number of para-hydroxylation sites is 3. The Morgan fingerprint density at radius 1 is 0.410 bits per heavy atom. The summed E-state index contributed by atoms with van der Waals surface area (Å²) in [4.78, 5) is 0. The number of nitrogens with zero attached hydrogens (tertiary/aromatic N) is 2. The summed E-state index contributed by atoms with van der Waals surface area (Å²) >= 11 is 10.8. The Morgan fingerprint density at radius 2 is 0.759 bits per heavy atom. The van der Waals surface area contributed by atoms with Gasteiger partial charge < -0.3 is 11.5 Å². The summed E-state index contributed by atoms with van der Waals surface area (Å²) in [7, 11) is -5.00. The maximum absolute atomic E-state index is 7.25. The van der Waals surface area contributed by atoms with E-state index in [9.17, 15) is 0 Å². The van der Waals surface area contributed by atoms with E-state index in [1.54, 1.807) is 0 Å². The number of benzene rings is 11. The Labute approximate surface area is 516 Å². The van der Waals surface area contributed by atoms with Crippen molar-refractivity contribution in [2.75, 3.05) is 0 Å². The van der Waals surface area contributed by atoms with Crippen molar-refractivity contribution in [1.82, 2.24) is 9.13 Å². The molecule has 0 bridgehead atoms. The summed E-state index contributed by atoms with van der Waals surface area (Å²) in [6, 6.07) is 108. The van der Waals surface area contributed by atoms with E-state index < -0.39 is 15.5 Å². The number of aromatic nitrogens is 2. The fraction of sp³-hybridized carbons (Fsp3) is 0.0395. The largest absolute Gasteiger partial charge is 1.00 e. The van der Waals surface area contributed by atoms with E-state index in [-0.39, 0.29) is 18.9 Å². The van der Waals surface area contributed by atoms with Crippen molar-refractivity contribution in [2.45, 2.75) is 19.8 Å². The third-order valence-corrected chi connectivity index (χ3v) is 25.8. The summed E-state index contributed by atoms with van der Waals surface area (Å²) in [5.74, 6) is 0. The Kier molecular flexibility index (Phi) is 19.2. The van der Waals surface area contributed by atoms with E-state index in [4.69, 9.17) is 11.1 Å². The van der Waals surface area contributed by atoms with Gasteiger partial charge in [-0.15, -0.1) is 11.1 Å². The number of rotatable bonds is 10. The molecule has 1 aliphatic carbocycles. The standard InChI is InChI=1S/C36H27NSi.C18H11BrN.C18H15ClSi.C4H9.Li/c1-4-16-29(17-5-1)38(30-18-6-2-7-19-30,31-20-8-3-9-21-31)32-22-14-15-28(27-32)37-35-25-12-10-23-33(35)34-24-11-13-26-36(34)37;19-13-6-5-7-14(12-13)20-17-10-3-1-8-15(17)16-9-2-4-11-18(16)20;19-20(16-10-4-1-5-11-16,17-12-6-2-7-13-17)18-14-8-3-9-15-18;1-3-4-2;/h1-27H;1,3-12H;1-15H;1,3-4H2,2H3;/q;+1;;-1;+1. The first-order valence-electron chi connectivity index (χ1n) is 28.0. The molecule has 0 amide bonds. The van der Waals surface area contributed by atoms with Gasteiger partial charge in [0.2, 0.25) is 7.38 Å². The predicted octanol–water partition coefficient (Wildman–Crippen LogP) is 12.9. The molecule has 0 fully saturated rings. The second kappa shape index (κ2) is 27.4. The topological polar surface area (TPSA) is 9.86 Å². The molecule has 0 unspecified atom stereocenters. The van der Waals surface area contributed by atoms with E-state index in [0.717, 1.165) is 16.6 Å². The van der Waals surface area contributed by atoms with Crippen LogP contribution in [0.25, 0.3) is 56.2 Å². The number of halogens is 2. The van der Waals surface area contributed by atoms with Crippen LogP contribution in [-0.4, -0.2) is 24.6 Å². The van der Waals surface area contributed by atoms with Crippen molar-refractivity contribution in [1.29, 1.82) is 0 Å². The number of unbranched alkanes of at least 4 members (excludes halogenated alkanes) is 1. The first-order valence-corrected chi connectivity index (χ1v) is 33.8. The Hall–Kier alpha value is -8.05. The predicted molar refractivity (Wildman–Crippen MR) is 362 cm³/mol. The van der Waals surface area contributed by atoms with E-state index in [0.29, 0.717) is 0 Å². The average molecular weight is 1180 g/mol. The van der Waals surface area contributed by atoms with Crippen molar-refractivity contribution < 1.29 is 18.9 Å². The Morgan fingerprint density at radius 3 is 1.18 bits per heavy atom. The van der Waals surface area contributed by atoms with Crippen molar-refractivity contribution >= 4 is 124 Å². The van der Waals surface area contributed by atoms with Crippen molar-refractivity contribution in [3.05, 3.63) is 338 Å². The van der Waals surface area contributed by atoms with E-state index >= 15 is 0 Å². The van der Waals surface area contributed by atoms with Crippen LogP contribution in [0.1, 0.15) is 31.0 Å². The van der Waals surface area contributed by atoms with E-state index in [1.165, 1.54) is 92.4 Å². The van der Waals surface area contributed by atoms with Gasteiger partial charge in [0, 0.05) is 32.7 Å². The molecule has 83 heavy (non-hydrogen) atoms. The molecule has 0 spiro atoms. The second-order valence-electron chi connectivity index (χ2n) is 20.2. The molecule has 11 aromatic carbocycles. The van der Waals surface area contributed by atoms with E-state index in [1.807, 2.05) is 30.3 Å². The van der Waals surface area contributed by atoms with Crippen LogP contribution in [0.5, 0.6) is 0 Å². The van der Waals surface area contributed by atoms with Crippen LogP contribution < -0.4 is 55.2 Å². The molecule has 0 N–H and O–H groups in total. The monoisotopic (exact) mass is 1180 g/mol. The maximum atomic E-state index is 7.25. The van der Waals surface area contributed by atoms with Crippen LogP contribution in [0, 0.1) is 13.0 Å². The number of allylic oxidation sites excluding steroid dienone is 2. The third-order valence-electron chi connectivity index (χ3n) is 15.2. The Bertz CT molecular complexity index is 4010. The van der Waals surface area contributed by atoms with Gasteiger partial charge in [-0.05, 0) is 90.9 Å². The van der Waals surface area contributed by atoms with Gasteiger partial charge in [0.15, 0.2) is 13.8 Å². The summed E-state index contributed by atoms with van der Waals surface area (Å²) in [5, 5.41) is 13.0. The Balaban J connectivity index is 0.000000145. The smallest absolute Gasteiger partial charge is 0.343 e. The van der Waals surface area contributed by atoms with Gasteiger partial charge in [-0.1, -0.05) is 278 Å². The second-order valence-corrected chi connectivity index (χ2v) is 29.6. The zero-order valence-corrected chi connectivity index (χ0v) is 51.2. The summed E-state index contributed by atoms with van der Waals surface area (Å²) in [6.07, 6.45) is 11.6. The molecule has 2 aromatic heterocycles. The van der Waals surface area contributed by atoms with Gasteiger partial charge >= 0.3 is 18.9 Å². The zero-order chi connectivity index (χ0) is 56.1.